The van der Waals surface area contributed by atoms with Gasteiger partial charge >= 0.3 is 6.18 Å². The van der Waals surface area contributed by atoms with Crippen LogP contribution < -0.4 is 11.1 Å². The van der Waals surface area contributed by atoms with Crippen LogP contribution in [0.15, 0.2) is 18.2 Å². The molecule has 0 unspecified atom stereocenters. The Morgan fingerprint density at radius 1 is 1.40 bits per heavy atom. The molecule has 0 aromatic heterocycles. The smallest absolute Gasteiger partial charge is 0.399 e. The first-order valence-corrected chi connectivity index (χ1v) is 6.15. The molecule has 0 saturated heterocycles. The molecule has 0 aliphatic rings. The number of ether oxygens (including phenoxy) is 1. The molecule has 0 aliphatic heterocycles. The van der Waals surface area contributed by atoms with Crippen LogP contribution in [0.1, 0.15) is 12.8 Å². The molecule has 20 heavy (non-hydrogen) atoms. The van der Waals surface area contributed by atoms with E-state index in [1.54, 1.807) is 12.1 Å². The molecule has 0 spiro atoms. The monoisotopic (exact) mass is 310 g/mol. The van der Waals surface area contributed by atoms with Crippen LogP contribution in [0.2, 0.25) is 5.02 Å². The summed E-state index contributed by atoms with van der Waals surface area (Å²) in [6, 6.07) is 4.62. The fraction of sp³-hybridized carbons (Fsp3) is 0.417. The summed E-state index contributed by atoms with van der Waals surface area (Å²) < 4.78 is 39.7. The number of nitrogens with one attached hydrogen (secondary N) is 1. The molecule has 0 atom stereocenters. The number of nitrogens with two attached hydrogens (primary N) is 1. The van der Waals surface area contributed by atoms with Crippen LogP contribution in [0.3, 0.4) is 0 Å². The van der Waals surface area contributed by atoms with E-state index in [1.165, 1.54) is 6.07 Å². The zero-order valence-electron chi connectivity index (χ0n) is 10.5. The first-order valence-electron chi connectivity index (χ1n) is 5.77. The Labute approximate surface area is 119 Å². The number of anilines is 2. The Hall–Kier alpha value is -1.47. The summed E-state index contributed by atoms with van der Waals surface area (Å²) >= 11 is 5.86. The Morgan fingerprint density at radius 3 is 2.70 bits per heavy atom. The van der Waals surface area contributed by atoms with Crippen molar-refractivity contribution in [1.82, 2.24) is 0 Å². The lowest BCUT2D eigenvalue weighted by molar-refractivity contribution is -0.174. The molecule has 3 N–H and O–H groups in total. The Kier molecular flexibility index (Phi) is 6.09. The van der Waals surface area contributed by atoms with Crippen molar-refractivity contribution in [3.8, 4) is 0 Å². The van der Waals surface area contributed by atoms with Gasteiger partial charge in [-0.1, -0.05) is 11.6 Å². The van der Waals surface area contributed by atoms with Gasteiger partial charge < -0.3 is 15.8 Å². The van der Waals surface area contributed by atoms with E-state index in [4.69, 9.17) is 17.3 Å². The summed E-state index contributed by atoms with van der Waals surface area (Å²) in [4.78, 5) is 11.5. The van der Waals surface area contributed by atoms with Gasteiger partial charge in [0.15, 0.2) is 0 Å². The second-order valence-electron chi connectivity index (χ2n) is 4.06. The average Bonchev–Trinajstić information content (AvgIpc) is 2.31. The van der Waals surface area contributed by atoms with E-state index in [-0.39, 0.29) is 25.4 Å². The summed E-state index contributed by atoms with van der Waals surface area (Å²) in [5, 5.41) is 2.84. The third kappa shape index (κ3) is 6.63. The normalized spacial score (nSPS) is 11.4. The fourth-order valence-corrected chi connectivity index (χ4v) is 1.60. The molecule has 0 radical (unpaired) electrons. The molecule has 0 bridgehead atoms. The van der Waals surface area contributed by atoms with Gasteiger partial charge in [0.1, 0.15) is 6.61 Å². The number of alkyl halides is 3. The molecule has 0 saturated carbocycles. The molecule has 1 rings (SSSR count). The molecule has 8 heteroatoms. The third-order valence-corrected chi connectivity index (χ3v) is 2.54. The summed E-state index contributed by atoms with van der Waals surface area (Å²) in [6.45, 7) is -1.44. The van der Waals surface area contributed by atoms with Crippen LogP contribution in [0.25, 0.3) is 0 Å². The van der Waals surface area contributed by atoms with E-state index in [2.05, 4.69) is 10.1 Å². The highest BCUT2D eigenvalue weighted by molar-refractivity contribution is 6.34. The summed E-state index contributed by atoms with van der Waals surface area (Å²) in [7, 11) is 0. The lowest BCUT2D eigenvalue weighted by Crippen LogP contribution is -2.18. The second kappa shape index (κ2) is 7.35. The van der Waals surface area contributed by atoms with E-state index in [1.807, 2.05) is 0 Å². The van der Waals surface area contributed by atoms with Gasteiger partial charge in [-0.2, -0.15) is 13.2 Å². The molecular weight excluding hydrogens is 297 g/mol. The Balaban J connectivity index is 2.27. The van der Waals surface area contributed by atoms with Crippen LogP contribution in [-0.4, -0.2) is 25.3 Å². The minimum atomic E-state index is -4.35. The van der Waals surface area contributed by atoms with Gasteiger partial charge in [0, 0.05) is 18.7 Å². The number of carbonyl (C=O) groups excluding carboxylic acids is 1. The van der Waals surface area contributed by atoms with Crippen molar-refractivity contribution in [2.75, 3.05) is 24.3 Å². The standard InChI is InChI=1S/C12H14ClF3N2O2/c13-9-6-8(17)3-4-10(9)18-11(19)2-1-5-20-7-12(14,15)16/h3-4,6H,1-2,5,7,17H2,(H,18,19). The molecule has 1 aromatic carbocycles. The van der Waals surface area contributed by atoms with Crippen molar-refractivity contribution in [3.05, 3.63) is 23.2 Å². The largest absolute Gasteiger partial charge is 0.411 e. The minimum absolute atomic E-state index is 0.0402. The minimum Gasteiger partial charge on any atom is -0.399 e. The van der Waals surface area contributed by atoms with Crippen molar-refractivity contribution in [2.24, 2.45) is 0 Å². The van der Waals surface area contributed by atoms with Gasteiger partial charge in [0.25, 0.3) is 0 Å². The second-order valence-corrected chi connectivity index (χ2v) is 4.47. The quantitative estimate of drug-likeness (QED) is 0.626. The van der Waals surface area contributed by atoms with Gasteiger partial charge in [-0.25, -0.2) is 0 Å². The van der Waals surface area contributed by atoms with E-state index in [0.29, 0.717) is 16.4 Å². The van der Waals surface area contributed by atoms with E-state index in [0.717, 1.165) is 0 Å². The predicted octanol–water partition coefficient (Wildman–Crippen LogP) is 3.22. The van der Waals surface area contributed by atoms with Gasteiger partial charge in [-0.05, 0) is 24.6 Å². The predicted molar refractivity (Wildman–Crippen MR) is 70.6 cm³/mol. The molecule has 0 fully saturated rings. The number of amides is 1. The maximum absolute atomic E-state index is 11.8. The lowest BCUT2D eigenvalue weighted by Gasteiger charge is -2.09. The number of benzene rings is 1. The van der Waals surface area contributed by atoms with Gasteiger partial charge in [0.2, 0.25) is 5.91 Å². The Bertz CT molecular complexity index is 467. The maximum atomic E-state index is 11.8. The third-order valence-electron chi connectivity index (χ3n) is 2.23. The zero-order valence-corrected chi connectivity index (χ0v) is 11.2. The number of nitrogen functional groups attached to an aromatic ring is 1. The molecule has 0 heterocycles. The number of rotatable bonds is 6. The summed E-state index contributed by atoms with van der Waals surface area (Å²) in [6.07, 6.45) is -4.12. The molecule has 1 amide bonds. The van der Waals surface area contributed by atoms with Crippen LogP contribution in [0, 0.1) is 0 Å². The van der Waals surface area contributed by atoms with Crippen molar-refractivity contribution >= 4 is 28.9 Å². The van der Waals surface area contributed by atoms with E-state index in [9.17, 15) is 18.0 Å². The number of halogens is 4. The topological polar surface area (TPSA) is 64.3 Å². The van der Waals surface area contributed by atoms with Gasteiger partial charge in [-0.15, -0.1) is 0 Å². The highest BCUT2D eigenvalue weighted by atomic mass is 35.5. The molecule has 112 valence electrons. The molecule has 1 aromatic rings. The fourth-order valence-electron chi connectivity index (χ4n) is 1.37. The lowest BCUT2D eigenvalue weighted by atomic mass is 10.2. The highest BCUT2D eigenvalue weighted by Crippen LogP contribution is 2.24. The Morgan fingerprint density at radius 2 is 2.10 bits per heavy atom. The zero-order chi connectivity index (χ0) is 15.2. The summed E-state index contributed by atoms with van der Waals surface area (Å²) in [5.74, 6) is -0.354. The van der Waals surface area contributed by atoms with Crippen LogP contribution in [-0.2, 0) is 9.53 Å². The highest BCUT2D eigenvalue weighted by Gasteiger charge is 2.27. The SMILES string of the molecule is Nc1ccc(NC(=O)CCCOCC(F)(F)F)c(Cl)c1. The van der Waals surface area contributed by atoms with Crippen molar-refractivity contribution < 1.29 is 22.7 Å². The van der Waals surface area contributed by atoms with Crippen LogP contribution in [0.5, 0.6) is 0 Å². The molecular formula is C12H14ClF3N2O2. The maximum Gasteiger partial charge on any atom is 0.411 e. The van der Waals surface area contributed by atoms with Crippen molar-refractivity contribution in [2.45, 2.75) is 19.0 Å². The van der Waals surface area contributed by atoms with Crippen LogP contribution >= 0.6 is 11.6 Å². The summed E-state index contributed by atoms with van der Waals surface area (Å²) in [5.41, 5.74) is 6.37. The van der Waals surface area contributed by atoms with Crippen molar-refractivity contribution in [1.29, 1.82) is 0 Å². The van der Waals surface area contributed by atoms with Crippen LogP contribution in [0.4, 0.5) is 24.5 Å². The van der Waals surface area contributed by atoms with Gasteiger partial charge in [0.05, 0.1) is 10.7 Å². The number of hydrogen-bond donors (Lipinski definition) is 2. The average molecular weight is 311 g/mol. The van der Waals surface area contributed by atoms with Gasteiger partial charge in [-0.3, -0.25) is 4.79 Å². The van der Waals surface area contributed by atoms with E-state index >= 15 is 0 Å². The first-order chi connectivity index (χ1) is 9.28. The molecule has 0 aliphatic carbocycles. The first kappa shape index (κ1) is 16.6. The number of hydrogen-bond acceptors (Lipinski definition) is 3. The van der Waals surface area contributed by atoms with Crippen molar-refractivity contribution in [3.63, 3.8) is 0 Å². The number of carbonyl (C=O) groups is 1. The van der Waals surface area contributed by atoms with E-state index < -0.39 is 12.8 Å². The molecule has 4 nitrogen and oxygen atoms in total.